The van der Waals surface area contributed by atoms with Crippen molar-refractivity contribution in [1.29, 1.82) is 0 Å². The minimum absolute atomic E-state index is 0.0919. The van der Waals surface area contributed by atoms with E-state index in [1.54, 1.807) is 0 Å². The Bertz CT molecular complexity index is 810. The van der Waals surface area contributed by atoms with E-state index < -0.39 is 6.10 Å². The fourth-order valence-corrected chi connectivity index (χ4v) is 7.51. The minimum Gasteiger partial charge on any atom is -0.462 e. The largest absolute Gasteiger partial charge is 0.462 e. The van der Waals surface area contributed by atoms with Gasteiger partial charge in [0.2, 0.25) is 0 Å². The molecule has 0 amide bonds. The summed E-state index contributed by atoms with van der Waals surface area (Å²) in [5.41, 5.74) is 0. The van der Waals surface area contributed by atoms with Gasteiger partial charge in [-0.05, 0) is 44.9 Å². The molecule has 0 aliphatic carbocycles. The summed E-state index contributed by atoms with van der Waals surface area (Å²) in [6.07, 6.45) is 53.5. The number of unbranched alkanes of at least 4 members (excludes halogenated alkanes) is 34. The van der Waals surface area contributed by atoms with Crippen LogP contribution in [-0.4, -0.2) is 37.9 Å². The van der Waals surface area contributed by atoms with Crippen molar-refractivity contribution in [2.24, 2.45) is 0 Å². The minimum atomic E-state index is -0.526. The average Bonchev–Trinajstić information content (AvgIpc) is 3.20. The molecular weight excluding hydrogens is 693 g/mol. The number of hydrogen-bond donors (Lipinski definition) is 0. The predicted molar refractivity (Wildman–Crippen MR) is 242 cm³/mol. The maximum absolute atomic E-state index is 12.7. The van der Waals surface area contributed by atoms with Crippen LogP contribution >= 0.6 is 0 Å². The van der Waals surface area contributed by atoms with Crippen LogP contribution in [0.15, 0.2) is 12.2 Å². The number of esters is 2. The molecule has 0 aromatic heterocycles. The fraction of sp³-hybridized carbons (Fsp3) is 0.922. The highest BCUT2D eigenvalue weighted by molar-refractivity contribution is 5.70. The zero-order valence-corrected chi connectivity index (χ0v) is 38.2. The first-order valence-electron chi connectivity index (χ1n) is 25.2. The van der Waals surface area contributed by atoms with E-state index in [0.29, 0.717) is 26.1 Å². The van der Waals surface area contributed by atoms with Crippen LogP contribution in [0.25, 0.3) is 0 Å². The van der Waals surface area contributed by atoms with Gasteiger partial charge >= 0.3 is 11.9 Å². The SMILES string of the molecule is CCCCCCCC/C=C\CCCCCCCCCC(=O)OCC(COCCCCCCCCCCCC)OC(=O)CCCCCCCCCCCCCCC. The lowest BCUT2D eigenvalue weighted by atomic mass is 10.0. The van der Waals surface area contributed by atoms with Crippen LogP contribution in [0.5, 0.6) is 0 Å². The maximum atomic E-state index is 12.7. The van der Waals surface area contributed by atoms with E-state index >= 15 is 0 Å². The van der Waals surface area contributed by atoms with Crippen molar-refractivity contribution in [2.45, 2.75) is 284 Å². The van der Waals surface area contributed by atoms with Crippen molar-refractivity contribution in [2.75, 3.05) is 19.8 Å². The second-order valence-electron chi connectivity index (χ2n) is 17.1. The second-order valence-corrected chi connectivity index (χ2v) is 17.1. The molecule has 5 heteroatoms. The summed E-state index contributed by atoms with van der Waals surface area (Å²) in [7, 11) is 0. The van der Waals surface area contributed by atoms with Crippen molar-refractivity contribution in [3.8, 4) is 0 Å². The van der Waals surface area contributed by atoms with Gasteiger partial charge < -0.3 is 14.2 Å². The molecule has 0 aromatic rings. The monoisotopic (exact) mass is 791 g/mol. The van der Waals surface area contributed by atoms with E-state index in [1.165, 1.54) is 212 Å². The molecule has 0 spiro atoms. The molecule has 0 aliphatic rings. The molecule has 0 N–H and O–H groups in total. The highest BCUT2D eigenvalue weighted by Crippen LogP contribution is 2.15. The molecule has 0 rings (SSSR count). The van der Waals surface area contributed by atoms with Gasteiger partial charge in [0.1, 0.15) is 6.61 Å². The summed E-state index contributed by atoms with van der Waals surface area (Å²) >= 11 is 0. The number of rotatable bonds is 47. The third kappa shape index (κ3) is 45.3. The van der Waals surface area contributed by atoms with Gasteiger partial charge in [0.15, 0.2) is 6.10 Å². The van der Waals surface area contributed by atoms with E-state index in [-0.39, 0.29) is 18.5 Å². The lowest BCUT2D eigenvalue weighted by Gasteiger charge is -2.18. The van der Waals surface area contributed by atoms with Crippen molar-refractivity contribution in [1.82, 2.24) is 0 Å². The Balaban J connectivity index is 4.16. The van der Waals surface area contributed by atoms with E-state index in [9.17, 15) is 9.59 Å². The van der Waals surface area contributed by atoms with Crippen molar-refractivity contribution in [3.05, 3.63) is 12.2 Å². The first kappa shape index (κ1) is 54.6. The highest BCUT2D eigenvalue weighted by atomic mass is 16.6. The summed E-state index contributed by atoms with van der Waals surface area (Å²) in [6.45, 7) is 7.87. The zero-order chi connectivity index (χ0) is 40.7. The first-order chi connectivity index (χ1) is 27.6. The third-order valence-electron chi connectivity index (χ3n) is 11.3. The van der Waals surface area contributed by atoms with Crippen LogP contribution in [0.4, 0.5) is 0 Å². The van der Waals surface area contributed by atoms with E-state index in [1.807, 2.05) is 0 Å². The van der Waals surface area contributed by atoms with Gasteiger partial charge in [0.25, 0.3) is 0 Å². The molecule has 0 bridgehead atoms. The molecular formula is C51H98O5. The van der Waals surface area contributed by atoms with Crippen LogP contribution in [-0.2, 0) is 23.8 Å². The molecule has 0 radical (unpaired) electrons. The van der Waals surface area contributed by atoms with Crippen molar-refractivity contribution < 1.29 is 23.8 Å². The molecule has 1 atom stereocenters. The average molecular weight is 791 g/mol. The summed E-state index contributed by atoms with van der Waals surface area (Å²) in [4.78, 5) is 25.3. The van der Waals surface area contributed by atoms with Gasteiger partial charge in [-0.2, -0.15) is 0 Å². The maximum Gasteiger partial charge on any atom is 0.306 e. The zero-order valence-electron chi connectivity index (χ0n) is 38.2. The Morgan fingerprint density at radius 3 is 1.09 bits per heavy atom. The van der Waals surface area contributed by atoms with Gasteiger partial charge in [-0.15, -0.1) is 0 Å². The Morgan fingerprint density at radius 2 is 0.696 bits per heavy atom. The molecule has 56 heavy (non-hydrogen) atoms. The molecule has 0 fully saturated rings. The summed E-state index contributed by atoms with van der Waals surface area (Å²) in [5, 5.41) is 0. The molecule has 0 saturated heterocycles. The number of hydrogen-bond acceptors (Lipinski definition) is 5. The van der Waals surface area contributed by atoms with Gasteiger partial charge in [0, 0.05) is 19.4 Å². The molecule has 0 aromatic carbocycles. The quantitative estimate of drug-likeness (QED) is 0.0349. The lowest BCUT2D eigenvalue weighted by Crippen LogP contribution is -2.30. The Kier molecular flexibility index (Phi) is 46.8. The van der Waals surface area contributed by atoms with E-state index in [0.717, 1.165) is 32.1 Å². The van der Waals surface area contributed by atoms with Crippen molar-refractivity contribution >= 4 is 11.9 Å². The number of ether oxygens (including phenoxy) is 3. The lowest BCUT2D eigenvalue weighted by molar-refractivity contribution is -0.163. The fourth-order valence-electron chi connectivity index (χ4n) is 7.51. The van der Waals surface area contributed by atoms with Gasteiger partial charge in [-0.3, -0.25) is 9.59 Å². The number of allylic oxidation sites excluding steroid dienone is 2. The van der Waals surface area contributed by atoms with Crippen LogP contribution in [0.3, 0.4) is 0 Å². The third-order valence-corrected chi connectivity index (χ3v) is 11.3. The highest BCUT2D eigenvalue weighted by Gasteiger charge is 2.17. The Hall–Kier alpha value is -1.36. The normalized spacial score (nSPS) is 12.1. The van der Waals surface area contributed by atoms with Gasteiger partial charge in [0.05, 0.1) is 6.61 Å². The summed E-state index contributed by atoms with van der Waals surface area (Å²) in [5.74, 6) is -0.383. The molecule has 0 heterocycles. The smallest absolute Gasteiger partial charge is 0.306 e. The van der Waals surface area contributed by atoms with Gasteiger partial charge in [-0.25, -0.2) is 0 Å². The standard InChI is InChI=1S/C51H98O5/c1-4-7-10-13-16-19-22-24-25-26-27-29-30-32-35-38-41-44-50(52)55-48-49(47-54-46-43-40-37-34-21-18-15-12-9-6-3)56-51(53)45-42-39-36-33-31-28-23-20-17-14-11-8-5-2/h24-25,49H,4-23,26-48H2,1-3H3/b25-24-. The molecule has 0 aliphatic heterocycles. The molecule has 0 saturated carbocycles. The van der Waals surface area contributed by atoms with E-state index in [2.05, 4.69) is 32.9 Å². The molecule has 5 nitrogen and oxygen atoms in total. The second kappa shape index (κ2) is 48.0. The van der Waals surface area contributed by atoms with Gasteiger partial charge in [-0.1, -0.05) is 232 Å². The summed E-state index contributed by atoms with van der Waals surface area (Å²) in [6, 6.07) is 0. The molecule has 1 unspecified atom stereocenters. The van der Waals surface area contributed by atoms with Crippen LogP contribution in [0.2, 0.25) is 0 Å². The predicted octanol–water partition coefficient (Wildman–Crippen LogP) is 16.7. The van der Waals surface area contributed by atoms with Crippen LogP contribution in [0.1, 0.15) is 278 Å². The van der Waals surface area contributed by atoms with E-state index in [4.69, 9.17) is 14.2 Å². The topological polar surface area (TPSA) is 61.8 Å². The number of carbonyl (C=O) groups is 2. The Labute approximate surface area is 350 Å². The summed E-state index contributed by atoms with van der Waals surface area (Å²) < 4.78 is 17.4. The van der Waals surface area contributed by atoms with Crippen molar-refractivity contribution in [3.63, 3.8) is 0 Å². The molecule has 332 valence electrons. The Morgan fingerprint density at radius 1 is 0.375 bits per heavy atom. The number of carbonyl (C=O) groups excluding carboxylic acids is 2. The van der Waals surface area contributed by atoms with Crippen LogP contribution < -0.4 is 0 Å². The van der Waals surface area contributed by atoms with Crippen LogP contribution in [0, 0.1) is 0 Å². The first-order valence-corrected chi connectivity index (χ1v) is 25.2.